The van der Waals surface area contributed by atoms with E-state index in [1.54, 1.807) is 18.2 Å². The second-order valence-electron chi connectivity index (χ2n) is 5.00. The van der Waals surface area contributed by atoms with Crippen molar-refractivity contribution in [3.8, 4) is 5.75 Å². The van der Waals surface area contributed by atoms with Crippen molar-refractivity contribution in [3.05, 3.63) is 28.3 Å². The quantitative estimate of drug-likeness (QED) is 0.652. The van der Waals surface area contributed by atoms with Gasteiger partial charge in [0.25, 0.3) is 0 Å². The van der Waals surface area contributed by atoms with Crippen molar-refractivity contribution in [2.24, 2.45) is 5.92 Å². The zero-order valence-electron chi connectivity index (χ0n) is 11.4. The van der Waals surface area contributed by atoms with E-state index in [0.29, 0.717) is 30.0 Å². The van der Waals surface area contributed by atoms with Crippen LogP contribution in [0.1, 0.15) is 33.1 Å². The van der Waals surface area contributed by atoms with Gasteiger partial charge in [0, 0.05) is 6.04 Å². The van der Waals surface area contributed by atoms with Crippen LogP contribution in [-0.4, -0.2) is 17.6 Å². The number of ether oxygens (including phenoxy) is 1. The molecule has 0 saturated heterocycles. The molecule has 104 valence electrons. The molecule has 2 atom stereocenters. The molecular weight excluding hydrogens is 244 g/mol. The minimum atomic E-state index is -0.368. The van der Waals surface area contributed by atoms with Gasteiger partial charge in [-0.2, -0.15) is 0 Å². The largest absolute Gasteiger partial charge is 0.487 e. The fourth-order valence-corrected chi connectivity index (χ4v) is 2.66. The minimum Gasteiger partial charge on any atom is -0.487 e. The number of hydrogen-bond acceptors (Lipinski definition) is 4. The number of nitrogens with one attached hydrogen (secondary N) is 1. The first-order valence-corrected chi connectivity index (χ1v) is 6.80. The maximum atomic E-state index is 11.3. The smallest absolute Gasteiger partial charge is 0.333 e. The van der Waals surface area contributed by atoms with Crippen molar-refractivity contribution >= 4 is 11.4 Å². The van der Waals surface area contributed by atoms with Crippen LogP contribution in [-0.2, 0) is 0 Å². The Morgan fingerprint density at radius 2 is 2.26 bits per heavy atom. The molecule has 2 unspecified atom stereocenters. The number of hydrogen-bond donors (Lipinski definition) is 1. The fourth-order valence-electron chi connectivity index (χ4n) is 2.66. The van der Waals surface area contributed by atoms with Gasteiger partial charge in [-0.3, -0.25) is 10.1 Å². The van der Waals surface area contributed by atoms with Gasteiger partial charge in [0.2, 0.25) is 0 Å². The number of para-hydroxylation sites is 1. The molecule has 1 aromatic rings. The third-order valence-electron chi connectivity index (χ3n) is 3.68. The van der Waals surface area contributed by atoms with E-state index in [0.717, 1.165) is 6.42 Å². The molecule has 1 saturated carbocycles. The van der Waals surface area contributed by atoms with Crippen molar-refractivity contribution in [1.29, 1.82) is 0 Å². The summed E-state index contributed by atoms with van der Waals surface area (Å²) in [7, 11) is 0. The lowest BCUT2D eigenvalue weighted by Gasteiger charge is -2.19. The zero-order chi connectivity index (χ0) is 13.8. The monoisotopic (exact) mass is 264 g/mol. The molecule has 1 fully saturated rings. The average molecular weight is 264 g/mol. The minimum absolute atomic E-state index is 0.0449. The second kappa shape index (κ2) is 5.91. The van der Waals surface area contributed by atoms with Crippen LogP contribution in [0.25, 0.3) is 0 Å². The van der Waals surface area contributed by atoms with Gasteiger partial charge < -0.3 is 10.1 Å². The van der Waals surface area contributed by atoms with E-state index in [9.17, 15) is 10.1 Å². The number of nitro benzene ring substituents is 1. The molecule has 0 heterocycles. The van der Waals surface area contributed by atoms with E-state index in [-0.39, 0.29) is 10.6 Å². The van der Waals surface area contributed by atoms with Gasteiger partial charge in [-0.05, 0) is 37.8 Å². The Balaban J connectivity index is 2.28. The predicted octanol–water partition coefficient (Wildman–Crippen LogP) is 3.59. The second-order valence-corrected chi connectivity index (χ2v) is 5.00. The Kier molecular flexibility index (Phi) is 4.24. The van der Waals surface area contributed by atoms with Gasteiger partial charge in [-0.25, -0.2) is 0 Å². The Morgan fingerprint density at radius 1 is 1.47 bits per heavy atom. The molecule has 1 N–H and O–H groups in total. The van der Waals surface area contributed by atoms with Gasteiger partial charge in [0.15, 0.2) is 5.75 Å². The van der Waals surface area contributed by atoms with E-state index in [4.69, 9.17) is 4.74 Å². The Bertz CT molecular complexity index is 462. The molecule has 0 amide bonds. The summed E-state index contributed by atoms with van der Waals surface area (Å²) in [6, 6.07) is 5.51. The fraction of sp³-hybridized carbons (Fsp3) is 0.571. The molecule has 5 heteroatoms. The molecule has 1 aliphatic rings. The number of benzene rings is 1. The molecule has 0 aliphatic heterocycles. The predicted molar refractivity (Wildman–Crippen MR) is 74.7 cm³/mol. The molecular formula is C14H20N2O3. The highest BCUT2D eigenvalue weighted by Crippen LogP contribution is 2.37. The first kappa shape index (κ1) is 13.6. The summed E-state index contributed by atoms with van der Waals surface area (Å²) in [5.74, 6) is 0.888. The lowest BCUT2D eigenvalue weighted by atomic mass is 10.1. The number of nitrogens with zero attached hydrogens (tertiary/aromatic N) is 1. The molecule has 1 aliphatic carbocycles. The third kappa shape index (κ3) is 2.97. The Hall–Kier alpha value is -1.78. The van der Waals surface area contributed by atoms with Crippen LogP contribution < -0.4 is 10.1 Å². The first-order chi connectivity index (χ1) is 9.13. The lowest BCUT2D eigenvalue weighted by Crippen LogP contribution is -2.22. The third-order valence-corrected chi connectivity index (χ3v) is 3.68. The van der Waals surface area contributed by atoms with E-state index < -0.39 is 0 Å². The van der Waals surface area contributed by atoms with Crippen molar-refractivity contribution in [1.82, 2.24) is 0 Å². The Morgan fingerprint density at radius 3 is 2.84 bits per heavy atom. The molecule has 2 rings (SSSR count). The highest BCUT2D eigenvalue weighted by molar-refractivity contribution is 5.68. The van der Waals surface area contributed by atoms with E-state index >= 15 is 0 Å². The summed E-state index contributed by atoms with van der Waals surface area (Å²) in [4.78, 5) is 10.9. The van der Waals surface area contributed by atoms with Crippen LogP contribution in [0.2, 0.25) is 0 Å². The molecule has 1 aromatic carbocycles. The standard InChI is InChI=1S/C14H20N2O3/c1-3-19-13-9-5-8-12(14(13)16(17)18)15-11-7-4-6-10(11)2/h5,8-11,15H,3-4,6-7H2,1-2H3. The highest BCUT2D eigenvalue weighted by Gasteiger charge is 2.27. The Labute approximate surface area is 113 Å². The first-order valence-electron chi connectivity index (χ1n) is 6.80. The van der Waals surface area contributed by atoms with E-state index in [1.165, 1.54) is 12.8 Å². The summed E-state index contributed by atoms with van der Waals surface area (Å²) >= 11 is 0. The van der Waals surface area contributed by atoms with Crippen LogP contribution in [0.3, 0.4) is 0 Å². The van der Waals surface area contributed by atoms with Crippen molar-refractivity contribution in [2.45, 2.75) is 39.2 Å². The van der Waals surface area contributed by atoms with Crippen LogP contribution in [0, 0.1) is 16.0 Å². The zero-order valence-corrected chi connectivity index (χ0v) is 11.4. The molecule has 0 spiro atoms. The summed E-state index contributed by atoms with van der Waals surface area (Å²) in [5, 5.41) is 14.6. The van der Waals surface area contributed by atoms with E-state index in [1.807, 2.05) is 6.92 Å². The van der Waals surface area contributed by atoms with Gasteiger partial charge >= 0.3 is 5.69 Å². The topological polar surface area (TPSA) is 64.4 Å². The van der Waals surface area contributed by atoms with Gasteiger partial charge in [-0.15, -0.1) is 0 Å². The van der Waals surface area contributed by atoms with Gasteiger partial charge in [-0.1, -0.05) is 19.4 Å². The maximum Gasteiger partial charge on any atom is 0.333 e. The number of anilines is 1. The van der Waals surface area contributed by atoms with Crippen LogP contribution in [0.4, 0.5) is 11.4 Å². The summed E-state index contributed by atoms with van der Waals surface area (Å²) < 4.78 is 5.35. The van der Waals surface area contributed by atoms with Gasteiger partial charge in [0.05, 0.1) is 11.5 Å². The average Bonchev–Trinajstić information content (AvgIpc) is 2.75. The van der Waals surface area contributed by atoms with Crippen molar-refractivity contribution < 1.29 is 9.66 Å². The molecule has 0 aromatic heterocycles. The van der Waals surface area contributed by atoms with Crippen LogP contribution in [0.5, 0.6) is 5.75 Å². The maximum absolute atomic E-state index is 11.3. The van der Waals surface area contributed by atoms with Crippen LogP contribution in [0.15, 0.2) is 18.2 Å². The SMILES string of the molecule is CCOc1cccc(NC2CCCC2C)c1[N+](=O)[O-]. The van der Waals surface area contributed by atoms with Crippen molar-refractivity contribution in [2.75, 3.05) is 11.9 Å². The van der Waals surface area contributed by atoms with Crippen molar-refractivity contribution in [3.63, 3.8) is 0 Å². The summed E-state index contributed by atoms with van der Waals surface area (Å²) in [5.41, 5.74) is 0.609. The number of nitro groups is 1. The van der Waals surface area contributed by atoms with E-state index in [2.05, 4.69) is 12.2 Å². The lowest BCUT2D eigenvalue weighted by molar-refractivity contribution is -0.385. The highest BCUT2D eigenvalue weighted by atomic mass is 16.6. The summed E-state index contributed by atoms with van der Waals surface area (Å²) in [6.07, 6.45) is 3.42. The molecule has 0 radical (unpaired) electrons. The normalized spacial score (nSPS) is 22.2. The molecule has 5 nitrogen and oxygen atoms in total. The number of rotatable bonds is 5. The van der Waals surface area contributed by atoms with Crippen LogP contribution >= 0.6 is 0 Å². The van der Waals surface area contributed by atoms with Gasteiger partial charge in [0.1, 0.15) is 5.69 Å². The summed E-state index contributed by atoms with van der Waals surface area (Å²) in [6.45, 7) is 4.43. The molecule has 0 bridgehead atoms. The molecule has 19 heavy (non-hydrogen) atoms.